The van der Waals surface area contributed by atoms with E-state index in [4.69, 9.17) is 0 Å². The lowest BCUT2D eigenvalue weighted by atomic mass is 10.0. The third kappa shape index (κ3) is 45.0. The molecule has 0 bridgehead atoms. The van der Waals surface area contributed by atoms with E-state index in [1.807, 2.05) is 0 Å². The molecule has 0 aliphatic rings. The monoisotopic (exact) mass is 757 g/mol. The Morgan fingerprint density at radius 3 is 0.451 bits per heavy atom. The first kappa shape index (κ1) is 53.8. The highest BCUT2D eigenvalue weighted by Crippen LogP contribution is 2.57. The molecule has 310 valence electrons. The summed E-state index contributed by atoms with van der Waals surface area (Å²) >= 11 is 0. The summed E-state index contributed by atoms with van der Waals surface area (Å²) in [5.74, 6) is 0. The molecule has 0 aromatic heterocycles. The van der Waals surface area contributed by atoms with Crippen molar-refractivity contribution in [2.24, 2.45) is 0 Å². The zero-order chi connectivity index (χ0) is 36.3. The Labute approximate surface area is 333 Å². The molecule has 0 saturated carbocycles. The average molecular weight is 758 g/mol. The summed E-state index contributed by atoms with van der Waals surface area (Å²) in [4.78, 5) is 0. The molecule has 2 heteroatoms. The molecular formula is C49H102ClP. The molecule has 0 atom stereocenters. The van der Waals surface area contributed by atoms with Gasteiger partial charge in [0.1, 0.15) is 0 Å². The minimum Gasteiger partial charge on any atom is -1.00 e. The minimum atomic E-state index is -0.723. The Hall–Kier alpha value is 0.720. The number of hydrogen-bond donors (Lipinski definition) is 0. The van der Waals surface area contributed by atoms with Crippen LogP contribution in [0.15, 0.2) is 0 Å². The summed E-state index contributed by atoms with van der Waals surface area (Å²) < 4.78 is 0. The Morgan fingerprint density at radius 2 is 0.314 bits per heavy atom. The number of hydrogen-bond acceptors (Lipinski definition) is 0. The van der Waals surface area contributed by atoms with Gasteiger partial charge >= 0.3 is 0 Å². The summed E-state index contributed by atoms with van der Waals surface area (Å²) in [6.07, 6.45) is 67.3. The molecule has 51 heavy (non-hydrogen) atoms. The molecule has 0 amide bonds. The zero-order valence-corrected chi connectivity index (χ0v) is 38.3. The van der Waals surface area contributed by atoms with Gasteiger partial charge in [0.05, 0.1) is 18.5 Å². The molecule has 0 spiro atoms. The van der Waals surface area contributed by atoms with Crippen LogP contribution in [0, 0.1) is 0 Å². The quantitative estimate of drug-likeness (QED) is 0.0429. The highest BCUT2D eigenvalue weighted by atomic mass is 35.5. The van der Waals surface area contributed by atoms with Crippen molar-refractivity contribution in [1.82, 2.24) is 0 Å². The van der Waals surface area contributed by atoms with E-state index in [0.29, 0.717) is 0 Å². The summed E-state index contributed by atoms with van der Waals surface area (Å²) in [6, 6.07) is 0. The number of halogens is 1. The molecule has 0 aromatic rings. The highest BCUT2D eigenvalue weighted by molar-refractivity contribution is 7.75. The maximum absolute atomic E-state index is 2.81. The largest absolute Gasteiger partial charge is 1.00 e. The summed E-state index contributed by atoms with van der Waals surface area (Å²) in [5, 5.41) is 0. The van der Waals surface area contributed by atoms with Gasteiger partial charge in [-0.3, -0.25) is 0 Å². The lowest BCUT2D eigenvalue weighted by Crippen LogP contribution is -3.00. The number of rotatable bonds is 45. The normalized spacial score (nSPS) is 11.8. The number of unbranched alkanes of at least 4 members (excludes halogenated alkanes) is 39. The van der Waals surface area contributed by atoms with E-state index in [1.165, 1.54) is 250 Å². The first-order valence-corrected chi connectivity index (χ1v) is 27.3. The fourth-order valence-corrected chi connectivity index (χ4v) is 12.0. The molecule has 0 aromatic carbocycles. The van der Waals surface area contributed by atoms with Gasteiger partial charge in [0.2, 0.25) is 0 Å². The molecule has 0 nitrogen and oxygen atoms in total. The van der Waals surface area contributed by atoms with E-state index in [0.717, 1.165) is 0 Å². The highest BCUT2D eigenvalue weighted by Gasteiger charge is 2.29. The topological polar surface area (TPSA) is 0 Å². The first-order valence-electron chi connectivity index (χ1n) is 24.5. The van der Waals surface area contributed by atoms with E-state index >= 15 is 0 Å². The van der Waals surface area contributed by atoms with Crippen LogP contribution in [0.25, 0.3) is 0 Å². The van der Waals surface area contributed by atoms with Crippen LogP contribution < -0.4 is 12.4 Å². The Morgan fingerprint density at radius 1 is 0.196 bits per heavy atom. The molecule has 0 rings (SSSR count). The van der Waals surface area contributed by atoms with Crippen LogP contribution in [0.3, 0.4) is 0 Å². The third-order valence-corrected chi connectivity index (χ3v) is 16.3. The van der Waals surface area contributed by atoms with Gasteiger partial charge in [-0.2, -0.15) is 0 Å². The van der Waals surface area contributed by atoms with Gasteiger partial charge in [0, 0.05) is 13.9 Å². The zero-order valence-electron chi connectivity index (χ0n) is 36.6. The van der Waals surface area contributed by atoms with Gasteiger partial charge in [-0.05, 0) is 38.5 Å². The van der Waals surface area contributed by atoms with Gasteiger partial charge in [-0.15, -0.1) is 0 Å². The predicted octanol–water partition coefficient (Wildman–Crippen LogP) is 16.1. The Balaban J connectivity index is 0. The fourth-order valence-electron chi connectivity index (χ4n) is 8.40. The molecule has 0 saturated heterocycles. The molecule has 0 aliphatic heterocycles. The first-order chi connectivity index (χ1) is 24.7. The SMILES string of the molecule is CCCCCCCCCCCCCCCC[P+](C)(CCCCCCCCCCCCCCCC)CCCCCCCCCCCCCCCC.[Cl-]. The predicted molar refractivity (Wildman–Crippen MR) is 238 cm³/mol. The van der Waals surface area contributed by atoms with Crippen molar-refractivity contribution in [2.45, 2.75) is 290 Å². The van der Waals surface area contributed by atoms with E-state index < -0.39 is 7.26 Å². The van der Waals surface area contributed by atoms with Crippen molar-refractivity contribution in [1.29, 1.82) is 0 Å². The van der Waals surface area contributed by atoms with Crippen LogP contribution in [0.4, 0.5) is 0 Å². The molecule has 0 aliphatic carbocycles. The van der Waals surface area contributed by atoms with Crippen molar-refractivity contribution < 1.29 is 12.4 Å². The Kier molecular flexibility index (Phi) is 49.5. The lowest BCUT2D eigenvalue weighted by molar-refractivity contribution is -0.0000113. The standard InChI is InChI=1S/C49H102P.ClH/c1-5-8-11-14-17-20-23-26-29-32-35-38-41-44-47-50(4,48-45-42-39-36-33-30-27-24-21-18-15-12-9-6-2)49-46-43-40-37-34-31-28-25-22-19-16-13-10-7-3;/h5-49H2,1-4H3;1H/q+1;/p-1. The van der Waals surface area contributed by atoms with Crippen molar-refractivity contribution in [3.8, 4) is 0 Å². The van der Waals surface area contributed by atoms with Crippen molar-refractivity contribution in [3.05, 3.63) is 0 Å². The van der Waals surface area contributed by atoms with Crippen LogP contribution in [-0.2, 0) is 0 Å². The average Bonchev–Trinajstić information content (AvgIpc) is 3.12. The van der Waals surface area contributed by atoms with Crippen molar-refractivity contribution >= 4 is 7.26 Å². The molecule has 0 unspecified atom stereocenters. The maximum atomic E-state index is 2.81. The van der Waals surface area contributed by atoms with E-state index in [9.17, 15) is 0 Å². The third-order valence-electron chi connectivity index (χ3n) is 12.2. The van der Waals surface area contributed by atoms with Crippen LogP contribution >= 0.6 is 7.26 Å². The van der Waals surface area contributed by atoms with E-state index in [2.05, 4.69) is 27.4 Å². The van der Waals surface area contributed by atoms with Crippen LogP contribution in [-0.4, -0.2) is 25.2 Å². The van der Waals surface area contributed by atoms with Gasteiger partial charge < -0.3 is 12.4 Å². The Bertz CT molecular complexity index is 512. The van der Waals surface area contributed by atoms with Gasteiger partial charge in [-0.25, -0.2) is 0 Å². The van der Waals surface area contributed by atoms with Gasteiger partial charge in [0.15, 0.2) is 0 Å². The maximum Gasteiger partial charge on any atom is 0.0591 e. The fraction of sp³-hybridized carbons (Fsp3) is 1.00. The molecule has 0 fully saturated rings. The van der Waals surface area contributed by atoms with Crippen molar-refractivity contribution in [2.75, 3.05) is 25.2 Å². The smallest absolute Gasteiger partial charge is 0.0591 e. The van der Waals surface area contributed by atoms with Crippen LogP contribution in [0.5, 0.6) is 0 Å². The summed E-state index contributed by atoms with van der Waals surface area (Å²) in [7, 11) is -0.723. The molecular weight excluding hydrogens is 655 g/mol. The van der Waals surface area contributed by atoms with Crippen LogP contribution in [0.1, 0.15) is 290 Å². The molecule has 0 heterocycles. The minimum absolute atomic E-state index is 0. The second-order valence-corrected chi connectivity index (χ2v) is 22.2. The molecule has 0 radical (unpaired) electrons. The van der Waals surface area contributed by atoms with E-state index in [-0.39, 0.29) is 12.4 Å². The lowest BCUT2D eigenvalue weighted by Gasteiger charge is -2.24. The van der Waals surface area contributed by atoms with Gasteiger partial charge in [0.25, 0.3) is 0 Å². The molecule has 0 N–H and O–H groups in total. The second kappa shape index (κ2) is 46.9. The van der Waals surface area contributed by atoms with Crippen molar-refractivity contribution in [3.63, 3.8) is 0 Å². The van der Waals surface area contributed by atoms with E-state index in [1.54, 1.807) is 37.7 Å². The summed E-state index contributed by atoms with van der Waals surface area (Å²) in [6.45, 7) is 9.77. The van der Waals surface area contributed by atoms with Crippen LogP contribution in [0.2, 0.25) is 0 Å². The van der Waals surface area contributed by atoms with Gasteiger partial charge in [-0.1, -0.05) is 252 Å². The summed E-state index contributed by atoms with van der Waals surface area (Å²) in [5.41, 5.74) is 0. The second-order valence-electron chi connectivity index (χ2n) is 17.6.